The summed E-state index contributed by atoms with van der Waals surface area (Å²) in [5, 5.41) is 9.85. The molecule has 0 N–H and O–H groups in total. The number of nitriles is 1. The van der Waals surface area contributed by atoms with Crippen molar-refractivity contribution in [2.24, 2.45) is 0 Å². The first-order valence-corrected chi connectivity index (χ1v) is 10.2. The van der Waals surface area contributed by atoms with Gasteiger partial charge in [0.2, 0.25) is 6.79 Å². The quantitative estimate of drug-likeness (QED) is 0.156. The van der Waals surface area contributed by atoms with Gasteiger partial charge in [0.25, 0.3) is 0 Å². The number of benzene rings is 2. The molecule has 0 unspecified atom stereocenters. The van der Waals surface area contributed by atoms with Gasteiger partial charge in [-0.1, -0.05) is 70.2 Å². The van der Waals surface area contributed by atoms with Gasteiger partial charge in [-0.05, 0) is 29.0 Å². The van der Waals surface area contributed by atoms with Crippen LogP contribution in [0.1, 0.15) is 62.8 Å². The van der Waals surface area contributed by atoms with Gasteiger partial charge < -0.3 is 9.47 Å². The summed E-state index contributed by atoms with van der Waals surface area (Å²) in [7, 11) is 0. The van der Waals surface area contributed by atoms with Crippen LogP contribution in [0, 0.1) is 11.3 Å². The molecular weight excluding hydrogens is 419 g/mol. The largest absolute Gasteiger partial charge is 0.455 e. The van der Waals surface area contributed by atoms with Crippen molar-refractivity contribution in [3.63, 3.8) is 0 Å². The molecule has 2 aromatic rings. The third kappa shape index (κ3) is 6.36. The van der Waals surface area contributed by atoms with Gasteiger partial charge >= 0.3 is 12.1 Å². The Balaban J connectivity index is 2.59. The molecular formula is C25H26F3NO3. The van der Waals surface area contributed by atoms with E-state index in [-0.39, 0.29) is 28.7 Å². The summed E-state index contributed by atoms with van der Waals surface area (Å²) >= 11 is 0. The van der Waals surface area contributed by atoms with E-state index in [1.807, 2.05) is 39.0 Å². The van der Waals surface area contributed by atoms with Gasteiger partial charge in [0.15, 0.2) is 0 Å². The van der Waals surface area contributed by atoms with E-state index in [9.17, 15) is 23.2 Å². The van der Waals surface area contributed by atoms with Gasteiger partial charge in [0.05, 0.1) is 5.56 Å². The molecule has 2 aromatic carbocycles. The van der Waals surface area contributed by atoms with Crippen LogP contribution in [-0.2, 0) is 25.9 Å². The number of hydrogen-bond donors (Lipinski definition) is 0. The number of nitrogens with zero attached hydrogens (tertiary/aromatic N) is 1. The molecule has 0 spiro atoms. The normalized spacial score (nSPS) is 12.6. The van der Waals surface area contributed by atoms with Crippen molar-refractivity contribution in [1.82, 2.24) is 0 Å². The Morgan fingerprint density at radius 3 is 2.16 bits per heavy atom. The van der Waals surface area contributed by atoms with Gasteiger partial charge in [-0.15, -0.1) is 0 Å². The highest BCUT2D eigenvalue weighted by atomic mass is 19.4. The van der Waals surface area contributed by atoms with Crippen LogP contribution in [0.4, 0.5) is 13.2 Å². The van der Waals surface area contributed by atoms with E-state index in [0.717, 1.165) is 11.6 Å². The molecule has 0 fully saturated rings. The second-order valence-electron chi connectivity index (χ2n) is 8.22. The van der Waals surface area contributed by atoms with Gasteiger partial charge in [0, 0.05) is 12.0 Å². The first-order chi connectivity index (χ1) is 15.0. The summed E-state index contributed by atoms with van der Waals surface area (Å²) < 4.78 is 51.5. The number of esters is 1. The Labute approximate surface area is 186 Å². The molecule has 0 aliphatic rings. The molecule has 0 atom stereocenters. The van der Waals surface area contributed by atoms with Crippen molar-refractivity contribution in [2.45, 2.75) is 52.1 Å². The highest BCUT2D eigenvalue weighted by Crippen LogP contribution is 2.38. The van der Waals surface area contributed by atoms with E-state index < -0.39 is 24.5 Å². The van der Waals surface area contributed by atoms with Crippen molar-refractivity contribution < 1.29 is 27.4 Å². The van der Waals surface area contributed by atoms with Crippen LogP contribution in [-0.4, -0.2) is 12.8 Å². The number of hydrogen-bond acceptors (Lipinski definition) is 4. The molecule has 7 heteroatoms. The van der Waals surface area contributed by atoms with Crippen LogP contribution in [0.3, 0.4) is 0 Å². The predicted molar refractivity (Wildman–Crippen MR) is 116 cm³/mol. The molecule has 0 saturated heterocycles. The minimum absolute atomic E-state index is 0.0892. The number of rotatable bonds is 7. The van der Waals surface area contributed by atoms with Crippen molar-refractivity contribution in [1.29, 1.82) is 5.26 Å². The fourth-order valence-corrected chi connectivity index (χ4v) is 3.03. The van der Waals surface area contributed by atoms with Gasteiger partial charge in [-0.3, -0.25) is 4.79 Å². The Hall–Kier alpha value is -3.27. The number of halogens is 3. The summed E-state index contributed by atoms with van der Waals surface area (Å²) in [6, 6.07) is 13.8. The fourth-order valence-electron chi connectivity index (χ4n) is 3.03. The number of allylic oxidation sites excluding steroid dienone is 1. The van der Waals surface area contributed by atoms with Crippen LogP contribution < -0.4 is 0 Å². The third-order valence-corrected chi connectivity index (χ3v) is 4.73. The number of carbonyl (C=O) groups is 1. The molecule has 0 aliphatic heterocycles. The van der Waals surface area contributed by atoms with Gasteiger partial charge in [0.1, 0.15) is 17.4 Å². The molecule has 0 amide bonds. The second kappa shape index (κ2) is 10.4. The molecule has 0 aromatic heterocycles. The van der Waals surface area contributed by atoms with Crippen molar-refractivity contribution in [3.8, 4) is 6.07 Å². The number of alkyl halides is 3. The SMILES string of the molecule is CCCC(=O)OCOC(=C(C#N)c1ccc(C(C)(C)C)cc1)c1ccccc1C(F)(F)F. The lowest BCUT2D eigenvalue weighted by atomic mass is 9.86. The molecule has 2 rings (SSSR count). The maximum absolute atomic E-state index is 13.7. The number of ether oxygens (including phenoxy) is 2. The maximum Gasteiger partial charge on any atom is 0.417 e. The molecule has 0 aliphatic carbocycles. The van der Waals surface area contributed by atoms with Crippen molar-refractivity contribution in [3.05, 3.63) is 70.8 Å². The molecule has 32 heavy (non-hydrogen) atoms. The smallest absolute Gasteiger partial charge is 0.417 e. The van der Waals surface area contributed by atoms with E-state index in [1.54, 1.807) is 19.1 Å². The van der Waals surface area contributed by atoms with E-state index in [0.29, 0.717) is 12.0 Å². The van der Waals surface area contributed by atoms with Crippen LogP contribution in [0.15, 0.2) is 48.5 Å². The molecule has 0 saturated carbocycles. The van der Waals surface area contributed by atoms with Crippen LogP contribution in [0.25, 0.3) is 11.3 Å². The monoisotopic (exact) mass is 445 g/mol. The zero-order chi connectivity index (χ0) is 23.9. The highest BCUT2D eigenvalue weighted by Gasteiger charge is 2.35. The summed E-state index contributed by atoms with van der Waals surface area (Å²) in [5.41, 5.74) is -0.0757. The Morgan fingerprint density at radius 2 is 1.62 bits per heavy atom. The Kier molecular flexibility index (Phi) is 8.09. The van der Waals surface area contributed by atoms with Crippen LogP contribution in [0.2, 0.25) is 0 Å². The van der Waals surface area contributed by atoms with E-state index >= 15 is 0 Å². The topological polar surface area (TPSA) is 59.3 Å². The maximum atomic E-state index is 13.7. The van der Waals surface area contributed by atoms with E-state index in [2.05, 4.69) is 0 Å². The van der Waals surface area contributed by atoms with Gasteiger partial charge in [-0.25, -0.2) is 0 Å². The van der Waals surface area contributed by atoms with Crippen LogP contribution in [0.5, 0.6) is 0 Å². The lowest BCUT2D eigenvalue weighted by molar-refractivity contribution is -0.151. The first kappa shape index (κ1) is 25.0. The Morgan fingerprint density at radius 1 is 1.00 bits per heavy atom. The predicted octanol–water partition coefficient (Wildman–Crippen LogP) is 6.71. The van der Waals surface area contributed by atoms with E-state index in [4.69, 9.17) is 9.47 Å². The minimum Gasteiger partial charge on any atom is -0.455 e. The average Bonchev–Trinajstić information content (AvgIpc) is 2.72. The zero-order valence-corrected chi connectivity index (χ0v) is 18.5. The Bertz CT molecular complexity index is 1010. The van der Waals surface area contributed by atoms with Crippen molar-refractivity contribution in [2.75, 3.05) is 6.79 Å². The molecule has 170 valence electrons. The summed E-state index contributed by atoms with van der Waals surface area (Å²) in [4.78, 5) is 11.7. The van der Waals surface area contributed by atoms with Crippen LogP contribution >= 0.6 is 0 Å². The fraction of sp³-hybridized carbons (Fsp3) is 0.360. The first-order valence-electron chi connectivity index (χ1n) is 10.2. The highest BCUT2D eigenvalue weighted by molar-refractivity contribution is 5.95. The lowest BCUT2D eigenvalue weighted by Gasteiger charge is -2.20. The summed E-state index contributed by atoms with van der Waals surface area (Å²) in [5.74, 6) is -0.836. The van der Waals surface area contributed by atoms with Gasteiger partial charge in [-0.2, -0.15) is 18.4 Å². The molecule has 0 radical (unpaired) electrons. The average molecular weight is 445 g/mol. The summed E-state index contributed by atoms with van der Waals surface area (Å²) in [6.45, 7) is 7.28. The van der Waals surface area contributed by atoms with E-state index in [1.165, 1.54) is 18.2 Å². The third-order valence-electron chi connectivity index (χ3n) is 4.73. The molecule has 4 nitrogen and oxygen atoms in total. The summed E-state index contributed by atoms with van der Waals surface area (Å²) in [6.07, 6.45) is -3.95. The zero-order valence-electron chi connectivity index (χ0n) is 18.5. The standard InChI is InChI=1S/C25H26F3NO3/c1-5-8-22(30)31-16-32-23(19-9-6-7-10-21(19)25(26,27)28)20(15-29)17-11-13-18(14-12-17)24(2,3)4/h6-7,9-14H,5,8,16H2,1-4H3. The molecule has 0 bridgehead atoms. The minimum atomic E-state index is -4.67. The molecule has 0 heterocycles. The number of carbonyl (C=O) groups excluding carboxylic acids is 1. The van der Waals surface area contributed by atoms with Crippen molar-refractivity contribution >= 4 is 17.3 Å². The second-order valence-corrected chi connectivity index (χ2v) is 8.22. The lowest BCUT2D eigenvalue weighted by Crippen LogP contribution is -2.13.